The lowest BCUT2D eigenvalue weighted by Gasteiger charge is -2.44. The van der Waals surface area contributed by atoms with Crippen molar-refractivity contribution in [3.05, 3.63) is 86.1 Å². The van der Waals surface area contributed by atoms with Gasteiger partial charge in [-0.1, -0.05) is 23.7 Å². The first-order chi connectivity index (χ1) is 16.8. The van der Waals surface area contributed by atoms with E-state index in [1.807, 2.05) is 32.9 Å². The van der Waals surface area contributed by atoms with E-state index in [0.717, 1.165) is 52.7 Å². The molecule has 0 saturated carbocycles. The zero-order valence-corrected chi connectivity index (χ0v) is 20.9. The Morgan fingerprint density at radius 1 is 1.09 bits per heavy atom. The molecule has 0 fully saturated rings. The smallest absolute Gasteiger partial charge is 0.191 e. The van der Waals surface area contributed by atoms with Gasteiger partial charge in [0.1, 0.15) is 18.4 Å². The Labute approximate surface area is 211 Å². The second-order valence-corrected chi connectivity index (χ2v) is 9.81. The van der Waals surface area contributed by atoms with Crippen molar-refractivity contribution in [1.82, 2.24) is 0 Å². The van der Waals surface area contributed by atoms with Gasteiger partial charge in [0.15, 0.2) is 5.41 Å². The lowest BCUT2D eigenvalue weighted by atomic mass is 9.55. The van der Waals surface area contributed by atoms with Gasteiger partial charge in [-0.05, 0) is 104 Å². The van der Waals surface area contributed by atoms with Crippen molar-refractivity contribution >= 4 is 11.6 Å². The molecule has 0 aliphatic heterocycles. The third-order valence-electron chi connectivity index (χ3n) is 7.50. The summed E-state index contributed by atoms with van der Waals surface area (Å²) in [6, 6.07) is 16.0. The van der Waals surface area contributed by atoms with Crippen LogP contribution in [0.25, 0.3) is 0 Å². The maximum Gasteiger partial charge on any atom is 0.191 e. The Morgan fingerprint density at radius 2 is 1.77 bits per heavy atom. The quantitative estimate of drug-likeness (QED) is 0.539. The summed E-state index contributed by atoms with van der Waals surface area (Å²) in [6.45, 7) is 6.43. The Hall–Kier alpha value is -3.72. The summed E-state index contributed by atoms with van der Waals surface area (Å²) in [6.07, 6.45) is 4.65. The lowest BCUT2D eigenvalue weighted by Crippen LogP contribution is -2.43. The fourth-order valence-corrected chi connectivity index (χ4v) is 5.94. The molecule has 0 spiro atoms. The van der Waals surface area contributed by atoms with E-state index < -0.39 is 11.3 Å². The number of benzene rings is 2. The average molecular weight is 483 g/mol. The monoisotopic (exact) mass is 482 g/mol. The third kappa shape index (κ3) is 3.95. The van der Waals surface area contributed by atoms with Gasteiger partial charge in [0.25, 0.3) is 0 Å². The average Bonchev–Trinajstić information content (AvgIpc) is 2.85. The van der Waals surface area contributed by atoms with Crippen molar-refractivity contribution in [3.63, 3.8) is 0 Å². The Kier molecular flexibility index (Phi) is 6.62. The van der Waals surface area contributed by atoms with Crippen molar-refractivity contribution in [2.45, 2.75) is 52.6 Å². The van der Waals surface area contributed by atoms with Gasteiger partial charge in [-0.2, -0.15) is 15.8 Å². The molecule has 6 heteroatoms. The molecule has 0 unspecified atom stereocenters. The topological polar surface area (TPSA) is 107 Å². The number of allylic oxidation sites excluding steroid dienone is 4. The molecular formula is C29H27ClN4O. The molecule has 0 saturated heterocycles. The first-order valence-corrected chi connectivity index (χ1v) is 12.1. The van der Waals surface area contributed by atoms with Gasteiger partial charge in [-0.25, -0.2) is 0 Å². The molecule has 0 radical (unpaired) electrons. The van der Waals surface area contributed by atoms with E-state index in [1.165, 1.54) is 0 Å². The van der Waals surface area contributed by atoms with E-state index in [9.17, 15) is 15.8 Å². The van der Waals surface area contributed by atoms with Crippen LogP contribution in [-0.2, 0) is 6.61 Å². The minimum Gasteiger partial charge on any atom is -0.489 e. The summed E-state index contributed by atoms with van der Waals surface area (Å²) in [4.78, 5) is 0. The molecule has 0 heterocycles. The first-order valence-electron chi connectivity index (χ1n) is 11.7. The van der Waals surface area contributed by atoms with Gasteiger partial charge < -0.3 is 10.5 Å². The number of nitrogens with two attached hydrogens (primary N) is 1. The van der Waals surface area contributed by atoms with Gasteiger partial charge in [-0.3, -0.25) is 0 Å². The predicted molar refractivity (Wildman–Crippen MR) is 135 cm³/mol. The molecule has 2 aromatic carbocycles. The molecule has 0 amide bonds. The number of hydrogen-bond donors (Lipinski definition) is 1. The third-order valence-corrected chi connectivity index (χ3v) is 7.75. The summed E-state index contributed by atoms with van der Waals surface area (Å²) in [5, 5.41) is 31.3. The summed E-state index contributed by atoms with van der Waals surface area (Å²) in [7, 11) is 0. The zero-order valence-electron chi connectivity index (χ0n) is 20.2. The van der Waals surface area contributed by atoms with Crippen LogP contribution in [0, 0.1) is 66.1 Å². The summed E-state index contributed by atoms with van der Waals surface area (Å²) in [5.74, 6) is 0.103. The van der Waals surface area contributed by atoms with Crippen LogP contribution in [0.1, 0.15) is 53.0 Å². The number of halogens is 1. The van der Waals surface area contributed by atoms with Crippen LogP contribution >= 0.6 is 11.6 Å². The molecule has 2 N–H and O–H groups in total. The zero-order chi connectivity index (χ0) is 25.3. The highest BCUT2D eigenvalue weighted by atomic mass is 35.5. The number of hydrogen-bond acceptors (Lipinski definition) is 5. The second kappa shape index (κ2) is 9.50. The molecule has 35 heavy (non-hydrogen) atoms. The van der Waals surface area contributed by atoms with Gasteiger partial charge in [0, 0.05) is 10.9 Å². The van der Waals surface area contributed by atoms with Crippen LogP contribution in [0.3, 0.4) is 0 Å². The molecule has 0 aromatic heterocycles. The van der Waals surface area contributed by atoms with Gasteiger partial charge in [0.05, 0.1) is 23.4 Å². The van der Waals surface area contributed by atoms with Crippen LogP contribution < -0.4 is 10.5 Å². The molecule has 2 aliphatic rings. The maximum atomic E-state index is 10.4. The molecule has 2 aliphatic carbocycles. The van der Waals surface area contributed by atoms with E-state index in [1.54, 1.807) is 12.1 Å². The molecule has 2 aromatic rings. The highest BCUT2D eigenvalue weighted by Gasteiger charge is 2.54. The van der Waals surface area contributed by atoms with E-state index >= 15 is 0 Å². The minimum atomic E-state index is -1.62. The fraction of sp³-hybridized carbons (Fsp3) is 0.345. The van der Waals surface area contributed by atoms with Crippen molar-refractivity contribution in [3.8, 4) is 24.0 Å². The normalized spacial score (nSPS) is 20.7. The Balaban J connectivity index is 1.89. The lowest BCUT2D eigenvalue weighted by molar-refractivity contribution is 0.300. The molecule has 2 atom stereocenters. The number of rotatable bonds is 4. The van der Waals surface area contributed by atoms with E-state index in [-0.39, 0.29) is 11.6 Å². The standard InChI is InChI=1S/C29H27ClN4O/c1-17-12-18(2)26(19(3)25(17)14-35-21-10-8-20(30)9-11-21)27-23-7-5-4-6-22(23)24(13-31)28(34)29(27,15-32)16-33/h6,8-12,23,27H,4-5,7,14,34H2,1-3H3/t23-,27-/m1/s1. The highest BCUT2D eigenvalue weighted by Crippen LogP contribution is 2.57. The van der Waals surface area contributed by atoms with Gasteiger partial charge >= 0.3 is 0 Å². The molecular weight excluding hydrogens is 456 g/mol. The molecule has 5 nitrogen and oxygen atoms in total. The largest absolute Gasteiger partial charge is 0.489 e. The van der Waals surface area contributed by atoms with Crippen molar-refractivity contribution in [1.29, 1.82) is 15.8 Å². The van der Waals surface area contributed by atoms with Crippen molar-refractivity contribution < 1.29 is 4.74 Å². The van der Waals surface area contributed by atoms with Gasteiger partial charge in [-0.15, -0.1) is 0 Å². The summed E-state index contributed by atoms with van der Waals surface area (Å²) < 4.78 is 6.08. The number of nitrogens with zero attached hydrogens (tertiary/aromatic N) is 3. The van der Waals surface area contributed by atoms with Crippen LogP contribution in [0.15, 0.2) is 53.3 Å². The predicted octanol–water partition coefficient (Wildman–Crippen LogP) is 6.44. The minimum absolute atomic E-state index is 0.0674. The summed E-state index contributed by atoms with van der Waals surface area (Å²) in [5.41, 5.74) is 11.1. The Morgan fingerprint density at radius 3 is 2.40 bits per heavy atom. The number of aryl methyl sites for hydroxylation is 2. The van der Waals surface area contributed by atoms with Crippen LogP contribution in [0.5, 0.6) is 5.75 Å². The van der Waals surface area contributed by atoms with E-state index in [0.29, 0.717) is 23.0 Å². The fourth-order valence-electron chi connectivity index (χ4n) is 5.82. The highest BCUT2D eigenvalue weighted by molar-refractivity contribution is 6.30. The molecule has 4 rings (SSSR count). The summed E-state index contributed by atoms with van der Waals surface area (Å²) >= 11 is 6.00. The number of ether oxygens (including phenoxy) is 1. The van der Waals surface area contributed by atoms with Crippen LogP contribution in [0.2, 0.25) is 5.02 Å². The van der Waals surface area contributed by atoms with Crippen molar-refractivity contribution in [2.24, 2.45) is 17.1 Å². The van der Waals surface area contributed by atoms with E-state index in [2.05, 4.69) is 30.4 Å². The number of fused-ring (bicyclic) bond motifs is 1. The SMILES string of the molecule is Cc1cc(C)c([C@H]2[C@@H]3CCCC=C3C(C#N)=C(N)C2(C#N)C#N)c(C)c1COc1ccc(Cl)cc1. The van der Waals surface area contributed by atoms with Crippen LogP contribution in [0.4, 0.5) is 0 Å². The molecule has 0 bridgehead atoms. The van der Waals surface area contributed by atoms with Crippen molar-refractivity contribution in [2.75, 3.05) is 0 Å². The molecule has 176 valence electrons. The number of nitriles is 3. The Bertz CT molecular complexity index is 1350. The maximum absolute atomic E-state index is 10.4. The van der Waals surface area contributed by atoms with Gasteiger partial charge in [0.2, 0.25) is 0 Å². The first kappa shape index (κ1) is 24.4. The second-order valence-electron chi connectivity index (χ2n) is 9.38. The van der Waals surface area contributed by atoms with E-state index in [4.69, 9.17) is 22.1 Å². The van der Waals surface area contributed by atoms with Crippen LogP contribution in [-0.4, -0.2) is 0 Å².